The fourth-order valence-corrected chi connectivity index (χ4v) is 5.48. The van der Waals surface area contributed by atoms with Crippen LogP contribution in [-0.4, -0.2) is 29.0 Å². The number of ether oxygens (including phenoxy) is 1. The molecule has 1 unspecified atom stereocenters. The lowest BCUT2D eigenvalue weighted by molar-refractivity contribution is -0.167. The normalized spacial score (nSPS) is 12.7. The first kappa shape index (κ1) is 29.8. The molecule has 208 valence electrons. The molecule has 0 fully saturated rings. The van der Waals surface area contributed by atoms with Crippen LogP contribution in [0, 0.1) is 12.3 Å². The SMILES string of the molecule is Cc1c(-c2ccccc2)nc2ccc(Br)cc2c1C(=O)NCC(c1ccccc1Cl)C(C)(C)C(=O)OC(C)(C)C. The number of carbonyl (C=O) groups is 2. The van der Waals surface area contributed by atoms with Crippen LogP contribution in [0.4, 0.5) is 0 Å². The number of esters is 1. The monoisotopic (exact) mass is 620 g/mol. The number of hydrogen-bond donors (Lipinski definition) is 1. The van der Waals surface area contributed by atoms with E-state index in [1.807, 2.05) is 108 Å². The molecule has 0 aliphatic heterocycles. The fourth-order valence-electron chi connectivity index (χ4n) is 4.85. The van der Waals surface area contributed by atoms with E-state index in [1.54, 1.807) is 6.07 Å². The van der Waals surface area contributed by atoms with Crippen molar-refractivity contribution < 1.29 is 14.3 Å². The number of benzene rings is 3. The van der Waals surface area contributed by atoms with Gasteiger partial charge in [0.2, 0.25) is 0 Å². The molecule has 0 bridgehead atoms. The van der Waals surface area contributed by atoms with Gasteiger partial charge in [-0.3, -0.25) is 9.59 Å². The summed E-state index contributed by atoms with van der Waals surface area (Å²) in [6, 6.07) is 23.0. The molecule has 4 aromatic rings. The molecule has 0 radical (unpaired) electrons. The molecule has 3 aromatic carbocycles. The number of fused-ring (bicyclic) bond motifs is 1. The van der Waals surface area contributed by atoms with Crippen LogP contribution in [0.25, 0.3) is 22.2 Å². The van der Waals surface area contributed by atoms with Gasteiger partial charge in [0.15, 0.2) is 0 Å². The Morgan fingerprint density at radius 1 is 0.975 bits per heavy atom. The molecular formula is C33H34BrClN2O3. The summed E-state index contributed by atoms with van der Waals surface area (Å²) in [6.45, 7) is 11.3. The summed E-state index contributed by atoms with van der Waals surface area (Å²) in [5, 5.41) is 4.40. The van der Waals surface area contributed by atoms with Gasteiger partial charge in [0.25, 0.3) is 5.91 Å². The Kier molecular flexibility index (Phi) is 8.72. The number of halogens is 2. The molecule has 1 N–H and O–H groups in total. The molecule has 0 aliphatic carbocycles. The Morgan fingerprint density at radius 3 is 2.27 bits per heavy atom. The molecule has 0 spiro atoms. The largest absolute Gasteiger partial charge is 0.460 e. The molecular weight excluding hydrogens is 588 g/mol. The molecule has 1 heterocycles. The van der Waals surface area contributed by atoms with Crippen molar-refractivity contribution in [3.63, 3.8) is 0 Å². The third-order valence-corrected chi connectivity index (χ3v) is 7.85. The van der Waals surface area contributed by atoms with Crippen LogP contribution in [0.2, 0.25) is 5.02 Å². The highest BCUT2D eigenvalue weighted by atomic mass is 79.9. The van der Waals surface area contributed by atoms with Crippen LogP contribution in [-0.2, 0) is 9.53 Å². The maximum atomic E-state index is 14.0. The van der Waals surface area contributed by atoms with Crippen molar-refractivity contribution in [2.45, 2.75) is 53.1 Å². The van der Waals surface area contributed by atoms with E-state index in [1.165, 1.54) is 0 Å². The molecule has 1 aromatic heterocycles. The Labute approximate surface area is 249 Å². The topological polar surface area (TPSA) is 68.3 Å². The Balaban J connectivity index is 1.77. The van der Waals surface area contributed by atoms with Crippen LogP contribution in [0.3, 0.4) is 0 Å². The lowest BCUT2D eigenvalue weighted by atomic mass is 9.74. The standard InChI is InChI=1S/C33H34BrClN2O3/c1-20-28(24-18-22(34)16-17-27(24)37-29(20)21-12-8-7-9-13-21)30(38)36-19-25(23-14-10-11-15-26(23)35)33(5,6)31(39)40-32(2,3)4/h7-18,25H,19H2,1-6H3,(H,36,38). The third-order valence-electron chi connectivity index (χ3n) is 7.01. The molecule has 7 heteroatoms. The van der Waals surface area contributed by atoms with Gasteiger partial charge in [0.1, 0.15) is 5.60 Å². The number of nitrogens with zero attached hydrogens (tertiary/aromatic N) is 1. The van der Waals surface area contributed by atoms with E-state index in [0.717, 1.165) is 37.8 Å². The first-order valence-corrected chi connectivity index (χ1v) is 14.4. The van der Waals surface area contributed by atoms with E-state index >= 15 is 0 Å². The van der Waals surface area contributed by atoms with Crippen molar-refractivity contribution in [2.24, 2.45) is 5.41 Å². The summed E-state index contributed by atoms with van der Waals surface area (Å²) < 4.78 is 6.63. The predicted molar refractivity (Wildman–Crippen MR) is 166 cm³/mol. The maximum absolute atomic E-state index is 14.0. The highest BCUT2D eigenvalue weighted by molar-refractivity contribution is 9.10. The van der Waals surface area contributed by atoms with Gasteiger partial charge in [-0.15, -0.1) is 0 Å². The van der Waals surface area contributed by atoms with Gasteiger partial charge in [-0.1, -0.05) is 76.1 Å². The van der Waals surface area contributed by atoms with E-state index < -0.39 is 16.9 Å². The number of hydrogen-bond acceptors (Lipinski definition) is 4. The number of rotatable bonds is 7. The Bertz CT molecular complexity index is 1560. The number of carbonyl (C=O) groups excluding carboxylic acids is 2. The zero-order valence-electron chi connectivity index (χ0n) is 23.6. The van der Waals surface area contributed by atoms with Crippen LogP contribution in [0.15, 0.2) is 77.3 Å². The lowest BCUT2D eigenvalue weighted by Gasteiger charge is -2.35. The quantitative estimate of drug-likeness (QED) is 0.210. The van der Waals surface area contributed by atoms with Crippen molar-refractivity contribution in [3.05, 3.63) is 99.0 Å². The zero-order chi connectivity index (χ0) is 29.2. The molecule has 5 nitrogen and oxygen atoms in total. The molecule has 40 heavy (non-hydrogen) atoms. The summed E-state index contributed by atoms with van der Waals surface area (Å²) in [5.41, 5.74) is 2.83. The fraction of sp³-hybridized carbons (Fsp3) is 0.303. The average Bonchev–Trinajstić information content (AvgIpc) is 2.88. The Morgan fingerprint density at radius 2 is 1.62 bits per heavy atom. The van der Waals surface area contributed by atoms with Crippen LogP contribution in [0.5, 0.6) is 0 Å². The molecule has 0 saturated carbocycles. The van der Waals surface area contributed by atoms with Crippen molar-refractivity contribution >= 4 is 50.3 Å². The molecule has 0 aliphatic rings. The highest BCUT2D eigenvalue weighted by Gasteiger charge is 2.42. The van der Waals surface area contributed by atoms with Crippen molar-refractivity contribution in [2.75, 3.05) is 6.54 Å². The molecule has 1 atom stereocenters. The lowest BCUT2D eigenvalue weighted by Crippen LogP contribution is -2.42. The number of pyridine rings is 1. The van der Waals surface area contributed by atoms with E-state index in [-0.39, 0.29) is 18.4 Å². The number of aromatic nitrogens is 1. The van der Waals surface area contributed by atoms with Crippen molar-refractivity contribution in [1.29, 1.82) is 0 Å². The number of nitrogens with one attached hydrogen (secondary N) is 1. The van der Waals surface area contributed by atoms with Crippen LogP contribution < -0.4 is 5.32 Å². The minimum absolute atomic E-state index is 0.173. The average molecular weight is 622 g/mol. The van der Waals surface area contributed by atoms with Gasteiger partial charge >= 0.3 is 5.97 Å². The second-order valence-electron chi connectivity index (χ2n) is 11.5. The smallest absolute Gasteiger partial charge is 0.312 e. The highest BCUT2D eigenvalue weighted by Crippen LogP contribution is 2.40. The molecule has 1 amide bonds. The molecule has 0 saturated heterocycles. The van der Waals surface area contributed by atoms with E-state index in [0.29, 0.717) is 10.6 Å². The van der Waals surface area contributed by atoms with Crippen LogP contribution in [0.1, 0.15) is 62.0 Å². The molecule has 4 rings (SSSR count). The van der Waals surface area contributed by atoms with Gasteiger partial charge in [0, 0.05) is 32.9 Å². The van der Waals surface area contributed by atoms with E-state index in [9.17, 15) is 9.59 Å². The maximum Gasteiger partial charge on any atom is 0.312 e. The van der Waals surface area contributed by atoms with Crippen molar-refractivity contribution in [1.82, 2.24) is 10.3 Å². The third kappa shape index (κ3) is 6.39. The first-order chi connectivity index (χ1) is 18.8. The summed E-state index contributed by atoms with van der Waals surface area (Å²) in [6.07, 6.45) is 0. The summed E-state index contributed by atoms with van der Waals surface area (Å²) in [5.74, 6) is -1.06. The Hall–Kier alpha value is -3.22. The van der Waals surface area contributed by atoms with Gasteiger partial charge in [-0.2, -0.15) is 0 Å². The van der Waals surface area contributed by atoms with Gasteiger partial charge < -0.3 is 10.1 Å². The van der Waals surface area contributed by atoms with Gasteiger partial charge in [-0.25, -0.2) is 4.98 Å². The van der Waals surface area contributed by atoms with Gasteiger partial charge in [-0.05, 0) is 76.9 Å². The first-order valence-electron chi connectivity index (χ1n) is 13.2. The predicted octanol–water partition coefficient (Wildman–Crippen LogP) is 8.51. The van der Waals surface area contributed by atoms with E-state index in [2.05, 4.69) is 21.2 Å². The second kappa shape index (κ2) is 11.7. The summed E-state index contributed by atoms with van der Waals surface area (Å²) in [7, 11) is 0. The second-order valence-corrected chi connectivity index (χ2v) is 12.8. The zero-order valence-corrected chi connectivity index (χ0v) is 26.0. The summed E-state index contributed by atoms with van der Waals surface area (Å²) >= 11 is 10.2. The van der Waals surface area contributed by atoms with Crippen molar-refractivity contribution in [3.8, 4) is 11.3 Å². The summed E-state index contributed by atoms with van der Waals surface area (Å²) in [4.78, 5) is 32.3. The van der Waals surface area contributed by atoms with Crippen LogP contribution >= 0.6 is 27.5 Å². The minimum Gasteiger partial charge on any atom is -0.460 e. The minimum atomic E-state index is -0.987. The number of amides is 1. The van der Waals surface area contributed by atoms with E-state index in [4.69, 9.17) is 21.3 Å². The van der Waals surface area contributed by atoms with Gasteiger partial charge in [0.05, 0.1) is 22.2 Å².